The van der Waals surface area contributed by atoms with Gasteiger partial charge in [-0.05, 0) is 67.1 Å². The van der Waals surface area contributed by atoms with Crippen LogP contribution in [0, 0.1) is 0 Å². The molecule has 4 heteroatoms. The van der Waals surface area contributed by atoms with E-state index in [9.17, 15) is 0 Å². The second kappa shape index (κ2) is 6.16. The highest BCUT2D eigenvalue weighted by Gasteiger charge is 2.12. The minimum absolute atomic E-state index is 0.343. The lowest BCUT2D eigenvalue weighted by Crippen LogP contribution is -2.10. The van der Waals surface area contributed by atoms with E-state index < -0.39 is 0 Å². The van der Waals surface area contributed by atoms with E-state index in [0.717, 1.165) is 22.2 Å². The summed E-state index contributed by atoms with van der Waals surface area (Å²) in [5, 5.41) is 0. The van der Waals surface area contributed by atoms with Gasteiger partial charge in [-0.3, -0.25) is 0 Å². The van der Waals surface area contributed by atoms with Crippen LogP contribution in [-0.4, -0.2) is 4.99 Å². The van der Waals surface area contributed by atoms with Crippen LogP contribution in [0.3, 0.4) is 0 Å². The fourth-order valence-electron chi connectivity index (χ4n) is 2.68. The molecule has 0 heterocycles. The van der Waals surface area contributed by atoms with Crippen LogP contribution in [0.2, 0.25) is 0 Å². The maximum Gasteiger partial charge on any atom is 0.138 e. The highest BCUT2D eigenvalue weighted by molar-refractivity contribution is 9.10. The van der Waals surface area contributed by atoms with Gasteiger partial charge in [0.1, 0.15) is 16.5 Å². The summed E-state index contributed by atoms with van der Waals surface area (Å²) in [6, 6.07) is 12.0. The van der Waals surface area contributed by atoms with E-state index in [-0.39, 0.29) is 0 Å². The summed E-state index contributed by atoms with van der Waals surface area (Å²) >= 11 is 8.54. The van der Waals surface area contributed by atoms with Crippen LogP contribution in [0.1, 0.15) is 29.5 Å². The number of fused-ring (bicyclic) bond motifs is 1. The predicted molar refractivity (Wildman–Crippen MR) is 93.2 cm³/mol. The molecule has 0 amide bonds. The number of thiocarbonyl (C=S) groups is 1. The van der Waals surface area contributed by atoms with Crippen molar-refractivity contribution in [2.75, 3.05) is 0 Å². The molecule has 0 aromatic heterocycles. The summed E-state index contributed by atoms with van der Waals surface area (Å²) in [5.41, 5.74) is 9.36. The maximum absolute atomic E-state index is 6.02. The average Bonchev–Trinajstić information content (AvgIpc) is 2.47. The van der Waals surface area contributed by atoms with Gasteiger partial charge in [0.15, 0.2) is 0 Å². The van der Waals surface area contributed by atoms with Crippen molar-refractivity contribution in [3.8, 4) is 11.5 Å². The van der Waals surface area contributed by atoms with Crippen molar-refractivity contribution in [2.45, 2.75) is 25.7 Å². The largest absolute Gasteiger partial charge is 0.457 e. The Labute approximate surface area is 138 Å². The Morgan fingerprint density at radius 2 is 1.81 bits per heavy atom. The van der Waals surface area contributed by atoms with Gasteiger partial charge >= 0.3 is 0 Å². The molecule has 0 spiro atoms. The Morgan fingerprint density at radius 3 is 2.57 bits per heavy atom. The first kappa shape index (κ1) is 14.5. The molecule has 1 aliphatic rings. The zero-order valence-corrected chi connectivity index (χ0v) is 14.0. The van der Waals surface area contributed by atoms with Gasteiger partial charge in [0, 0.05) is 4.47 Å². The Balaban J connectivity index is 1.93. The summed E-state index contributed by atoms with van der Waals surface area (Å²) < 4.78 is 6.96. The molecule has 0 radical (unpaired) electrons. The van der Waals surface area contributed by atoms with Gasteiger partial charge in [0.05, 0.1) is 5.56 Å². The zero-order chi connectivity index (χ0) is 14.8. The fourth-order valence-corrected chi connectivity index (χ4v) is 3.19. The lowest BCUT2D eigenvalue weighted by Gasteiger charge is -2.17. The molecule has 2 aromatic carbocycles. The van der Waals surface area contributed by atoms with Crippen LogP contribution in [0.15, 0.2) is 40.9 Å². The minimum Gasteiger partial charge on any atom is -0.457 e. The van der Waals surface area contributed by atoms with Gasteiger partial charge in [-0.15, -0.1) is 0 Å². The molecule has 0 aliphatic heterocycles. The van der Waals surface area contributed by atoms with Crippen molar-refractivity contribution in [1.82, 2.24) is 0 Å². The SMILES string of the molecule is NC(=S)c1ccc(Br)cc1Oc1ccc2c(c1)CCCC2. The molecule has 2 nitrogen and oxygen atoms in total. The molecular weight excluding hydrogens is 346 g/mol. The van der Waals surface area contributed by atoms with Crippen LogP contribution >= 0.6 is 28.1 Å². The number of nitrogens with two attached hydrogens (primary N) is 1. The van der Waals surface area contributed by atoms with E-state index in [1.54, 1.807) is 0 Å². The van der Waals surface area contributed by atoms with Crippen molar-refractivity contribution < 1.29 is 4.74 Å². The molecule has 3 rings (SSSR count). The first-order chi connectivity index (χ1) is 10.1. The van der Waals surface area contributed by atoms with E-state index in [1.807, 2.05) is 24.3 Å². The summed E-state index contributed by atoms with van der Waals surface area (Å²) in [6.07, 6.45) is 4.84. The topological polar surface area (TPSA) is 35.2 Å². The second-order valence-corrected chi connectivity index (χ2v) is 6.60. The Kier molecular flexibility index (Phi) is 4.27. The molecule has 0 fully saturated rings. The number of halogens is 1. The third kappa shape index (κ3) is 3.27. The molecule has 21 heavy (non-hydrogen) atoms. The van der Waals surface area contributed by atoms with Gasteiger partial charge < -0.3 is 10.5 Å². The number of benzene rings is 2. The summed E-state index contributed by atoms with van der Waals surface area (Å²) in [5.74, 6) is 1.53. The minimum atomic E-state index is 0.343. The Morgan fingerprint density at radius 1 is 1.05 bits per heavy atom. The molecule has 2 N–H and O–H groups in total. The predicted octanol–water partition coefficient (Wildman–Crippen LogP) is 4.75. The highest BCUT2D eigenvalue weighted by atomic mass is 79.9. The Bertz CT molecular complexity index is 699. The van der Waals surface area contributed by atoms with Crippen LogP contribution in [-0.2, 0) is 12.8 Å². The number of aryl methyl sites for hydroxylation is 2. The molecule has 0 saturated heterocycles. The third-order valence-electron chi connectivity index (χ3n) is 3.76. The van der Waals surface area contributed by atoms with E-state index in [1.165, 1.54) is 30.4 Å². The normalized spacial score (nSPS) is 13.6. The first-order valence-electron chi connectivity index (χ1n) is 7.02. The average molecular weight is 362 g/mol. The van der Waals surface area contributed by atoms with Crippen LogP contribution in [0.4, 0.5) is 0 Å². The molecule has 1 aliphatic carbocycles. The molecule has 0 atom stereocenters. The highest BCUT2D eigenvalue weighted by Crippen LogP contribution is 2.31. The van der Waals surface area contributed by atoms with Crippen molar-refractivity contribution in [2.24, 2.45) is 5.73 Å². The molecule has 0 unspecified atom stereocenters. The van der Waals surface area contributed by atoms with Gasteiger partial charge in [0.25, 0.3) is 0 Å². The molecule has 0 saturated carbocycles. The number of ether oxygens (including phenoxy) is 1. The van der Waals surface area contributed by atoms with Crippen LogP contribution in [0.5, 0.6) is 11.5 Å². The van der Waals surface area contributed by atoms with Crippen molar-refractivity contribution in [3.05, 3.63) is 57.6 Å². The summed E-state index contributed by atoms with van der Waals surface area (Å²) in [4.78, 5) is 0.343. The molecule has 108 valence electrons. The molecular formula is C17H16BrNOS. The second-order valence-electron chi connectivity index (χ2n) is 5.24. The first-order valence-corrected chi connectivity index (χ1v) is 8.22. The van der Waals surface area contributed by atoms with Crippen molar-refractivity contribution in [3.63, 3.8) is 0 Å². The zero-order valence-electron chi connectivity index (χ0n) is 11.6. The number of rotatable bonds is 3. The lowest BCUT2D eigenvalue weighted by molar-refractivity contribution is 0.479. The van der Waals surface area contributed by atoms with Crippen LogP contribution in [0.25, 0.3) is 0 Å². The van der Waals surface area contributed by atoms with Gasteiger partial charge in [-0.25, -0.2) is 0 Å². The Hall–Kier alpha value is -1.39. The standard InChI is InChI=1S/C17H16BrNOS/c18-13-6-8-15(17(19)21)16(10-13)20-14-7-5-11-3-1-2-4-12(11)9-14/h5-10H,1-4H2,(H2,19,21). The van der Waals surface area contributed by atoms with E-state index >= 15 is 0 Å². The van der Waals surface area contributed by atoms with Gasteiger partial charge in [-0.2, -0.15) is 0 Å². The maximum atomic E-state index is 6.02. The number of hydrogen-bond donors (Lipinski definition) is 1. The van der Waals surface area contributed by atoms with Gasteiger partial charge in [0.2, 0.25) is 0 Å². The third-order valence-corrected chi connectivity index (χ3v) is 4.47. The summed E-state index contributed by atoms with van der Waals surface area (Å²) in [6.45, 7) is 0. The molecule has 2 aromatic rings. The van der Waals surface area contributed by atoms with E-state index in [2.05, 4.69) is 28.1 Å². The van der Waals surface area contributed by atoms with Crippen LogP contribution < -0.4 is 10.5 Å². The van der Waals surface area contributed by atoms with Crippen molar-refractivity contribution >= 4 is 33.1 Å². The lowest BCUT2D eigenvalue weighted by atomic mass is 9.92. The fraction of sp³-hybridized carbons (Fsp3) is 0.235. The quantitative estimate of drug-likeness (QED) is 0.800. The van der Waals surface area contributed by atoms with Crippen molar-refractivity contribution in [1.29, 1.82) is 0 Å². The molecule has 0 bridgehead atoms. The summed E-state index contributed by atoms with van der Waals surface area (Å²) in [7, 11) is 0. The smallest absolute Gasteiger partial charge is 0.138 e. The number of hydrogen-bond acceptors (Lipinski definition) is 2. The van der Waals surface area contributed by atoms with E-state index in [4.69, 9.17) is 22.7 Å². The van der Waals surface area contributed by atoms with E-state index in [0.29, 0.717) is 10.7 Å². The van der Waals surface area contributed by atoms with Gasteiger partial charge in [-0.1, -0.05) is 34.2 Å². The monoisotopic (exact) mass is 361 g/mol.